The number of nitriles is 1. The summed E-state index contributed by atoms with van der Waals surface area (Å²) in [7, 11) is 1.80. The molecule has 1 heterocycles. The Bertz CT molecular complexity index is 234. The third kappa shape index (κ3) is 2.50. The molecule has 2 aliphatic rings. The minimum Gasteiger partial charge on any atom is -0.379 e. The zero-order valence-corrected chi connectivity index (χ0v) is 9.48. The molecule has 2 rings (SSSR count). The van der Waals surface area contributed by atoms with Crippen molar-refractivity contribution < 1.29 is 4.74 Å². The maximum absolute atomic E-state index is 8.64. The molecule has 0 N–H and O–H groups in total. The molecular formula is C12H20N2O. The number of hydrogen-bond donors (Lipinski definition) is 0. The van der Waals surface area contributed by atoms with Gasteiger partial charge in [0.1, 0.15) is 0 Å². The maximum Gasteiger partial charge on any atom is 0.0825 e. The second kappa shape index (κ2) is 4.96. The van der Waals surface area contributed by atoms with Crippen molar-refractivity contribution in [3.05, 3.63) is 0 Å². The Morgan fingerprint density at radius 1 is 1.27 bits per heavy atom. The molecule has 0 aromatic rings. The van der Waals surface area contributed by atoms with Crippen LogP contribution >= 0.6 is 0 Å². The number of methoxy groups -OCH3 is 1. The fraction of sp³-hybridized carbons (Fsp3) is 0.917. The van der Waals surface area contributed by atoms with Crippen LogP contribution in [0.3, 0.4) is 0 Å². The first-order valence-corrected chi connectivity index (χ1v) is 5.97. The molecular weight excluding hydrogens is 188 g/mol. The summed E-state index contributed by atoms with van der Waals surface area (Å²) in [5, 5.41) is 8.64. The lowest BCUT2D eigenvalue weighted by Gasteiger charge is -2.45. The minimum absolute atomic E-state index is 0.474. The number of likely N-dealkylation sites (tertiary alicyclic amines) is 1. The van der Waals surface area contributed by atoms with Crippen molar-refractivity contribution >= 4 is 0 Å². The van der Waals surface area contributed by atoms with Crippen molar-refractivity contribution in [1.29, 1.82) is 5.26 Å². The van der Waals surface area contributed by atoms with Crippen LogP contribution in [0.4, 0.5) is 0 Å². The molecule has 1 aliphatic carbocycles. The largest absolute Gasteiger partial charge is 0.379 e. The summed E-state index contributed by atoms with van der Waals surface area (Å²) in [6, 6.07) is 3.06. The van der Waals surface area contributed by atoms with Gasteiger partial charge >= 0.3 is 0 Å². The summed E-state index contributed by atoms with van der Waals surface area (Å²) < 4.78 is 5.28. The quantitative estimate of drug-likeness (QED) is 0.709. The van der Waals surface area contributed by atoms with Crippen molar-refractivity contribution in [2.45, 2.75) is 44.2 Å². The molecule has 0 bridgehead atoms. The van der Waals surface area contributed by atoms with E-state index >= 15 is 0 Å². The topological polar surface area (TPSA) is 36.3 Å². The molecule has 0 aromatic heterocycles. The molecule has 1 aliphatic heterocycles. The van der Waals surface area contributed by atoms with Crippen molar-refractivity contribution in [2.24, 2.45) is 5.92 Å². The predicted octanol–water partition coefficient (Wildman–Crippen LogP) is 1.79. The Morgan fingerprint density at radius 2 is 1.93 bits per heavy atom. The van der Waals surface area contributed by atoms with Crippen LogP contribution in [-0.4, -0.2) is 37.2 Å². The van der Waals surface area contributed by atoms with E-state index in [2.05, 4.69) is 11.0 Å². The molecule has 1 saturated carbocycles. The number of rotatable bonds is 3. The first-order valence-electron chi connectivity index (χ1n) is 5.97. The van der Waals surface area contributed by atoms with E-state index < -0.39 is 0 Å². The van der Waals surface area contributed by atoms with E-state index in [1.807, 2.05) is 0 Å². The normalized spacial score (nSPS) is 33.3. The molecule has 0 unspecified atom stereocenters. The Morgan fingerprint density at radius 3 is 2.47 bits per heavy atom. The second-order valence-corrected chi connectivity index (χ2v) is 4.85. The smallest absolute Gasteiger partial charge is 0.0825 e. The Kier molecular flexibility index (Phi) is 3.61. The zero-order valence-electron chi connectivity index (χ0n) is 9.48. The highest BCUT2D eigenvalue weighted by Crippen LogP contribution is 2.31. The van der Waals surface area contributed by atoms with E-state index in [0.29, 0.717) is 12.0 Å². The van der Waals surface area contributed by atoms with Crippen LogP contribution in [0.5, 0.6) is 0 Å². The summed E-state index contributed by atoms with van der Waals surface area (Å²) in [6.07, 6.45) is 6.28. The lowest BCUT2D eigenvalue weighted by Crippen LogP contribution is -2.56. The fourth-order valence-electron chi connectivity index (χ4n) is 2.76. The van der Waals surface area contributed by atoms with Crippen LogP contribution in [0.15, 0.2) is 0 Å². The second-order valence-electron chi connectivity index (χ2n) is 4.85. The van der Waals surface area contributed by atoms with Gasteiger partial charge in [0, 0.05) is 32.7 Å². The van der Waals surface area contributed by atoms with Crippen LogP contribution < -0.4 is 0 Å². The van der Waals surface area contributed by atoms with Crippen molar-refractivity contribution in [1.82, 2.24) is 4.90 Å². The van der Waals surface area contributed by atoms with Gasteiger partial charge in [-0.3, -0.25) is 4.90 Å². The summed E-state index contributed by atoms with van der Waals surface area (Å²) in [6.45, 7) is 2.23. The highest BCUT2D eigenvalue weighted by Gasteiger charge is 2.34. The molecule has 84 valence electrons. The third-order valence-corrected chi connectivity index (χ3v) is 3.92. The number of hydrogen-bond acceptors (Lipinski definition) is 3. The lowest BCUT2D eigenvalue weighted by molar-refractivity contribution is -0.0594. The van der Waals surface area contributed by atoms with Gasteiger partial charge in [-0.05, 0) is 31.6 Å². The van der Waals surface area contributed by atoms with Crippen LogP contribution in [0.1, 0.15) is 32.1 Å². The van der Waals surface area contributed by atoms with E-state index in [4.69, 9.17) is 10.00 Å². The molecule has 3 nitrogen and oxygen atoms in total. The predicted molar refractivity (Wildman–Crippen MR) is 58.3 cm³/mol. The zero-order chi connectivity index (χ0) is 10.7. The number of nitrogens with zero attached hydrogens (tertiary/aromatic N) is 2. The van der Waals surface area contributed by atoms with Gasteiger partial charge in [-0.1, -0.05) is 0 Å². The third-order valence-electron chi connectivity index (χ3n) is 3.92. The molecule has 1 saturated heterocycles. The van der Waals surface area contributed by atoms with Gasteiger partial charge < -0.3 is 4.74 Å². The maximum atomic E-state index is 8.64. The van der Waals surface area contributed by atoms with E-state index in [1.54, 1.807) is 7.11 Å². The molecule has 0 amide bonds. The Labute approximate surface area is 92.0 Å². The SMILES string of the molecule is COC1CN([C@H]2CC[C@@H](CC#N)CC2)C1. The molecule has 0 aromatic carbocycles. The van der Waals surface area contributed by atoms with Gasteiger partial charge in [-0.2, -0.15) is 5.26 Å². The van der Waals surface area contributed by atoms with Crippen LogP contribution in [0, 0.1) is 17.2 Å². The molecule has 0 spiro atoms. The molecule has 0 atom stereocenters. The van der Waals surface area contributed by atoms with Gasteiger partial charge in [0.15, 0.2) is 0 Å². The lowest BCUT2D eigenvalue weighted by atomic mass is 9.83. The van der Waals surface area contributed by atoms with Gasteiger partial charge in [0.05, 0.1) is 12.2 Å². The van der Waals surface area contributed by atoms with Crippen LogP contribution in [0.25, 0.3) is 0 Å². The minimum atomic E-state index is 0.474. The molecule has 2 fully saturated rings. The molecule has 15 heavy (non-hydrogen) atoms. The average Bonchev–Trinajstić information content (AvgIpc) is 2.19. The molecule has 3 heteroatoms. The van der Waals surface area contributed by atoms with E-state index in [9.17, 15) is 0 Å². The standard InChI is InChI=1S/C12H20N2O/c1-15-12-8-14(9-12)11-4-2-10(3-5-11)6-7-13/h10-12H,2-6,8-9H2,1H3/t10-,11+. The highest BCUT2D eigenvalue weighted by atomic mass is 16.5. The van der Waals surface area contributed by atoms with Crippen LogP contribution in [0.2, 0.25) is 0 Å². The van der Waals surface area contributed by atoms with E-state index in [-0.39, 0.29) is 0 Å². The van der Waals surface area contributed by atoms with Gasteiger partial charge in [0.2, 0.25) is 0 Å². The van der Waals surface area contributed by atoms with Gasteiger partial charge in [0.25, 0.3) is 0 Å². The Balaban J connectivity index is 1.69. The summed E-state index contributed by atoms with van der Waals surface area (Å²) in [5.41, 5.74) is 0. The number of ether oxygens (including phenoxy) is 1. The van der Waals surface area contributed by atoms with Gasteiger partial charge in [-0.15, -0.1) is 0 Å². The highest BCUT2D eigenvalue weighted by molar-refractivity contribution is 4.90. The summed E-state index contributed by atoms with van der Waals surface area (Å²) in [4.78, 5) is 2.54. The van der Waals surface area contributed by atoms with Crippen LogP contribution in [-0.2, 0) is 4.74 Å². The summed E-state index contributed by atoms with van der Waals surface area (Å²) >= 11 is 0. The van der Waals surface area contributed by atoms with Crippen molar-refractivity contribution in [3.8, 4) is 6.07 Å². The fourth-order valence-corrected chi connectivity index (χ4v) is 2.76. The Hall–Kier alpha value is -0.590. The van der Waals surface area contributed by atoms with E-state index in [1.165, 1.54) is 25.7 Å². The van der Waals surface area contributed by atoms with Crippen molar-refractivity contribution in [2.75, 3.05) is 20.2 Å². The van der Waals surface area contributed by atoms with E-state index in [0.717, 1.165) is 25.6 Å². The van der Waals surface area contributed by atoms with Crippen molar-refractivity contribution in [3.63, 3.8) is 0 Å². The monoisotopic (exact) mass is 208 g/mol. The average molecular weight is 208 g/mol. The first-order chi connectivity index (χ1) is 7.33. The van der Waals surface area contributed by atoms with Gasteiger partial charge in [-0.25, -0.2) is 0 Å². The first kappa shape index (κ1) is 10.9. The molecule has 0 radical (unpaired) electrons. The summed E-state index contributed by atoms with van der Waals surface area (Å²) in [5.74, 6) is 0.672.